The molecule has 0 amide bonds. The molecule has 0 saturated heterocycles. The second-order valence-electron chi connectivity index (χ2n) is 4.81. The average Bonchev–Trinajstić information content (AvgIpc) is 2.15. The molecule has 1 heteroatoms. The third-order valence-corrected chi connectivity index (χ3v) is 4.00. The van der Waals surface area contributed by atoms with E-state index < -0.39 is 0 Å². The van der Waals surface area contributed by atoms with Gasteiger partial charge in [-0.15, -0.1) is 0 Å². The van der Waals surface area contributed by atoms with Crippen LogP contribution in [-0.2, 0) is 4.79 Å². The summed E-state index contributed by atoms with van der Waals surface area (Å²) < 4.78 is 0. The lowest BCUT2D eigenvalue weighted by atomic mass is 9.59. The molecule has 0 aromatic rings. The predicted octanol–water partition coefficient (Wildman–Crippen LogP) is 3.27. The second kappa shape index (κ2) is 3.38. The molecule has 0 aliphatic heterocycles. The van der Waals surface area contributed by atoms with E-state index in [1.54, 1.807) is 0 Å². The summed E-state index contributed by atoms with van der Waals surface area (Å²) >= 11 is 0. The molecule has 0 heterocycles. The highest BCUT2D eigenvalue weighted by Gasteiger charge is 2.42. The van der Waals surface area contributed by atoms with Crippen molar-refractivity contribution in [1.82, 2.24) is 0 Å². The third kappa shape index (κ3) is 1.35. The van der Waals surface area contributed by atoms with Crippen LogP contribution in [-0.4, -0.2) is 5.78 Å². The van der Waals surface area contributed by atoms with Crippen LogP contribution in [0.25, 0.3) is 0 Å². The minimum Gasteiger partial charge on any atom is -0.300 e. The molecule has 0 spiro atoms. The number of allylic oxidation sites excluding steroid dienone is 3. The first-order valence-corrected chi connectivity index (χ1v) is 5.51. The molecule has 0 N–H and O–H groups in total. The highest BCUT2D eigenvalue weighted by atomic mass is 16.1. The molecule has 2 unspecified atom stereocenters. The Bertz CT molecular complexity index is 300. The molecule has 1 nitrogen and oxygen atoms in total. The predicted molar refractivity (Wildman–Crippen MR) is 58.0 cm³/mol. The quantitative estimate of drug-likeness (QED) is 0.620. The van der Waals surface area contributed by atoms with Gasteiger partial charge < -0.3 is 0 Å². The average molecular weight is 190 g/mol. The van der Waals surface area contributed by atoms with Gasteiger partial charge in [0.25, 0.3) is 0 Å². The number of hydrogen-bond donors (Lipinski definition) is 0. The van der Waals surface area contributed by atoms with Gasteiger partial charge in [-0.3, -0.25) is 4.79 Å². The summed E-state index contributed by atoms with van der Waals surface area (Å²) in [6.07, 6.45) is 9.24. The van der Waals surface area contributed by atoms with E-state index in [0.717, 1.165) is 25.7 Å². The number of fused-ring (bicyclic) bond motifs is 1. The molecule has 2 rings (SSSR count). The van der Waals surface area contributed by atoms with Crippen LogP contribution in [0.15, 0.2) is 24.3 Å². The molecule has 76 valence electrons. The first-order valence-electron chi connectivity index (χ1n) is 5.51. The molecule has 0 aromatic carbocycles. The Labute approximate surface area is 85.9 Å². The summed E-state index contributed by atoms with van der Waals surface area (Å²) in [4.78, 5) is 11.5. The monoisotopic (exact) mass is 190 g/mol. The van der Waals surface area contributed by atoms with Gasteiger partial charge in [-0.05, 0) is 30.8 Å². The largest absolute Gasteiger partial charge is 0.300 e. The van der Waals surface area contributed by atoms with E-state index in [1.807, 2.05) is 6.08 Å². The van der Waals surface area contributed by atoms with Crippen LogP contribution in [0.5, 0.6) is 0 Å². The Kier molecular flexibility index (Phi) is 2.34. The van der Waals surface area contributed by atoms with Gasteiger partial charge in [0.05, 0.1) is 0 Å². The number of Topliss-reactive ketones (excluding diaryl/α,β-unsaturated/α-hetero) is 1. The molecule has 2 aliphatic carbocycles. The van der Waals surface area contributed by atoms with Crippen LogP contribution in [0.3, 0.4) is 0 Å². The lowest BCUT2D eigenvalue weighted by molar-refractivity contribution is -0.124. The van der Waals surface area contributed by atoms with Crippen LogP contribution in [0, 0.1) is 11.3 Å². The van der Waals surface area contributed by atoms with Crippen molar-refractivity contribution in [3.05, 3.63) is 24.3 Å². The normalized spacial score (nSPS) is 37.4. The summed E-state index contributed by atoms with van der Waals surface area (Å²) in [5.74, 6) is 1.14. The maximum Gasteiger partial charge on any atom is 0.133 e. The minimum absolute atomic E-state index is 0.106. The smallest absolute Gasteiger partial charge is 0.133 e. The van der Waals surface area contributed by atoms with Gasteiger partial charge >= 0.3 is 0 Å². The van der Waals surface area contributed by atoms with Crippen LogP contribution in [0.4, 0.5) is 0 Å². The zero-order chi connectivity index (χ0) is 10.2. The zero-order valence-electron chi connectivity index (χ0n) is 8.88. The molecule has 0 bridgehead atoms. The van der Waals surface area contributed by atoms with E-state index in [-0.39, 0.29) is 5.41 Å². The lowest BCUT2D eigenvalue weighted by Gasteiger charge is -2.44. The molecule has 2 aliphatic rings. The fourth-order valence-electron chi connectivity index (χ4n) is 3.09. The molecule has 1 fully saturated rings. The number of carbonyl (C=O) groups is 1. The fourth-order valence-corrected chi connectivity index (χ4v) is 3.09. The Balaban J connectivity index is 2.34. The molecule has 14 heavy (non-hydrogen) atoms. The van der Waals surface area contributed by atoms with Crippen molar-refractivity contribution in [2.75, 3.05) is 0 Å². The molecule has 0 aromatic heterocycles. The van der Waals surface area contributed by atoms with Gasteiger partial charge in [0, 0.05) is 18.3 Å². The Morgan fingerprint density at radius 3 is 3.07 bits per heavy atom. The van der Waals surface area contributed by atoms with E-state index in [0.29, 0.717) is 11.7 Å². The fraction of sp³-hybridized carbons (Fsp3) is 0.615. The summed E-state index contributed by atoms with van der Waals surface area (Å²) in [5, 5.41) is 0. The number of hydrogen-bond acceptors (Lipinski definition) is 1. The molecular formula is C13H18O. The van der Waals surface area contributed by atoms with E-state index >= 15 is 0 Å². The van der Waals surface area contributed by atoms with Crippen molar-refractivity contribution in [2.45, 2.75) is 39.0 Å². The Morgan fingerprint density at radius 1 is 1.57 bits per heavy atom. The van der Waals surface area contributed by atoms with Gasteiger partial charge in [-0.2, -0.15) is 0 Å². The van der Waals surface area contributed by atoms with Crippen LogP contribution in [0.1, 0.15) is 39.0 Å². The SMILES string of the molecule is C=CC1=CCCC2CCC(=O)CC12C. The zero-order valence-corrected chi connectivity index (χ0v) is 8.88. The highest BCUT2D eigenvalue weighted by Crippen LogP contribution is 2.50. The number of rotatable bonds is 1. The van der Waals surface area contributed by atoms with E-state index in [4.69, 9.17) is 0 Å². The molecule has 1 saturated carbocycles. The molecule has 2 atom stereocenters. The van der Waals surface area contributed by atoms with Crippen molar-refractivity contribution in [3.63, 3.8) is 0 Å². The van der Waals surface area contributed by atoms with Gasteiger partial charge in [0.2, 0.25) is 0 Å². The highest BCUT2D eigenvalue weighted by molar-refractivity contribution is 5.80. The standard InChI is InChI=1S/C13H18O/c1-3-10-5-4-6-11-7-8-12(14)9-13(10,11)2/h3,5,11H,1,4,6-9H2,2H3. The summed E-state index contributed by atoms with van der Waals surface area (Å²) in [7, 11) is 0. The lowest BCUT2D eigenvalue weighted by Crippen LogP contribution is -2.38. The van der Waals surface area contributed by atoms with E-state index in [2.05, 4.69) is 19.6 Å². The maximum atomic E-state index is 11.5. The van der Waals surface area contributed by atoms with Crippen molar-refractivity contribution >= 4 is 5.78 Å². The summed E-state index contributed by atoms with van der Waals surface area (Å²) in [5.41, 5.74) is 1.41. The molecular weight excluding hydrogens is 172 g/mol. The Hall–Kier alpha value is -0.850. The van der Waals surface area contributed by atoms with Crippen molar-refractivity contribution < 1.29 is 4.79 Å². The van der Waals surface area contributed by atoms with Crippen LogP contribution < -0.4 is 0 Å². The Morgan fingerprint density at radius 2 is 2.36 bits per heavy atom. The van der Waals surface area contributed by atoms with Gasteiger partial charge in [0.15, 0.2) is 0 Å². The minimum atomic E-state index is 0.106. The first kappa shape index (κ1) is 9.70. The maximum absolute atomic E-state index is 11.5. The summed E-state index contributed by atoms with van der Waals surface area (Å²) in [6, 6.07) is 0. The topological polar surface area (TPSA) is 17.1 Å². The first-order chi connectivity index (χ1) is 6.66. The van der Waals surface area contributed by atoms with Gasteiger partial charge in [-0.1, -0.05) is 25.7 Å². The molecule has 0 radical (unpaired) electrons. The second-order valence-corrected chi connectivity index (χ2v) is 4.81. The van der Waals surface area contributed by atoms with Crippen LogP contribution >= 0.6 is 0 Å². The van der Waals surface area contributed by atoms with Gasteiger partial charge in [0.1, 0.15) is 5.78 Å². The van der Waals surface area contributed by atoms with Crippen molar-refractivity contribution in [3.8, 4) is 0 Å². The van der Waals surface area contributed by atoms with Gasteiger partial charge in [-0.25, -0.2) is 0 Å². The van der Waals surface area contributed by atoms with Crippen molar-refractivity contribution in [1.29, 1.82) is 0 Å². The van der Waals surface area contributed by atoms with E-state index in [9.17, 15) is 4.79 Å². The van der Waals surface area contributed by atoms with E-state index in [1.165, 1.54) is 12.0 Å². The van der Waals surface area contributed by atoms with Crippen molar-refractivity contribution in [2.24, 2.45) is 11.3 Å². The van der Waals surface area contributed by atoms with Crippen LogP contribution in [0.2, 0.25) is 0 Å². The third-order valence-electron chi connectivity index (χ3n) is 4.00. The summed E-state index contributed by atoms with van der Waals surface area (Å²) in [6.45, 7) is 6.10. The number of ketones is 1. The number of carbonyl (C=O) groups excluding carboxylic acids is 1.